The van der Waals surface area contributed by atoms with E-state index in [1.807, 2.05) is 24.3 Å². The number of benzene rings is 1. The Morgan fingerprint density at radius 2 is 2.17 bits per heavy atom. The summed E-state index contributed by atoms with van der Waals surface area (Å²) in [4.78, 5) is 15.4. The molecule has 2 aromatic rings. The van der Waals surface area contributed by atoms with Crippen LogP contribution in [0, 0.1) is 5.92 Å². The lowest BCUT2D eigenvalue weighted by molar-refractivity contribution is 0.530. The van der Waals surface area contributed by atoms with Gasteiger partial charge < -0.3 is 0 Å². The molecular formula is C15H16NOS. The predicted molar refractivity (Wildman–Crippen MR) is 77.6 cm³/mol. The molecule has 0 saturated carbocycles. The summed E-state index contributed by atoms with van der Waals surface area (Å²) in [5.41, 5.74) is 2.14. The Balaban J connectivity index is 2.22. The van der Waals surface area contributed by atoms with E-state index in [9.17, 15) is 4.79 Å². The molecule has 18 heavy (non-hydrogen) atoms. The van der Waals surface area contributed by atoms with Gasteiger partial charge in [-0.1, -0.05) is 31.2 Å². The van der Waals surface area contributed by atoms with E-state index < -0.39 is 0 Å². The molecule has 1 aromatic heterocycles. The van der Waals surface area contributed by atoms with Crippen molar-refractivity contribution in [2.24, 2.45) is 5.92 Å². The zero-order chi connectivity index (χ0) is 12.8. The molecule has 0 aliphatic carbocycles. The largest absolute Gasteiger partial charge is 0.291 e. The lowest BCUT2D eigenvalue weighted by atomic mass is 10.00. The van der Waals surface area contributed by atoms with E-state index in [1.54, 1.807) is 18.0 Å². The van der Waals surface area contributed by atoms with E-state index in [2.05, 4.69) is 24.3 Å². The van der Waals surface area contributed by atoms with Crippen LogP contribution in [0.15, 0.2) is 36.5 Å². The first-order valence-corrected chi connectivity index (χ1v) is 7.28. The molecule has 0 fully saturated rings. The van der Waals surface area contributed by atoms with Crippen molar-refractivity contribution in [3.63, 3.8) is 0 Å². The Bertz CT molecular complexity index is 521. The van der Waals surface area contributed by atoms with Crippen LogP contribution in [0.5, 0.6) is 0 Å². The van der Waals surface area contributed by atoms with Crippen LogP contribution in [0.3, 0.4) is 0 Å². The van der Waals surface area contributed by atoms with Crippen LogP contribution in [0.25, 0.3) is 10.9 Å². The average Bonchev–Trinajstić information content (AvgIpc) is 2.43. The zero-order valence-corrected chi connectivity index (χ0v) is 11.2. The fourth-order valence-electron chi connectivity index (χ4n) is 1.99. The van der Waals surface area contributed by atoms with Crippen molar-refractivity contribution in [2.45, 2.75) is 13.3 Å². The molecule has 0 aliphatic rings. The number of fused-ring (bicyclic) bond motifs is 1. The van der Waals surface area contributed by atoms with Crippen molar-refractivity contribution in [2.75, 3.05) is 11.5 Å². The Morgan fingerprint density at radius 1 is 1.33 bits per heavy atom. The standard InChI is InChI=1S/C15H16NOS/c1-2-18-11-12(10-17)9-14-6-3-5-13-7-4-8-16-15(13)14/h3-8,12H,2,9,11H2,1H3. The summed E-state index contributed by atoms with van der Waals surface area (Å²) < 4.78 is 0. The topological polar surface area (TPSA) is 30.0 Å². The van der Waals surface area contributed by atoms with Gasteiger partial charge in [0.15, 0.2) is 0 Å². The van der Waals surface area contributed by atoms with E-state index in [4.69, 9.17) is 0 Å². The zero-order valence-electron chi connectivity index (χ0n) is 10.4. The molecule has 1 heterocycles. The van der Waals surface area contributed by atoms with Gasteiger partial charge in [0.2, 0.25) is 6.29 Å². The van der Waals surface area contributed by atoms with Crippen LogP contribution >= 0.6 is 11.8 Å². The number of thioether (sulfide) groups is 1. The van der Waals surface area contributed by atoms with Gasteiger partial charge in [0, 0.05) is 23.3 Å². The maximum atomic E-state index is 11.0. The maximum Gasteiger partial charge on any atom is 0.202 e. The molecule has 3 heteroatoms. The molecule has 1 radical (unpaired) electrons. The van der Waals surface area contributed by atoms with Crippen molar-refractivity contribution in [1.29, 1.82) is 0 Å². The van der Waals surface area contributed by atoms with Crippen LogP contribution in [-0.4, -0.2) is 22.8 Å². The van der Waals surface area contributed by atoms with Gasteiger partial charge in [-0.3, -0.25) is 9.78 Å². The predicted octanol–water partition coefficient (Wildman–Crippen LogP) is 3.26. The third-order valence-corrected chi connectivity index (χ3v) is 3.92. The quantitative estimate of drug-likeness (QED) is 0.796. The lowest BCUT2D eigenvalue weighted by Gasteiger charge is -2.10. The minimum Gasteiger partial charge on any atom is -0.291 e. The van der Waals surface area contributed by atoms with E-state index in [0.717, 1.165) is 34.4 Å². The number of hydrogen-bond donors (Lipinski definition) is 0. The Morgan fingerprint density at radius 3 is 2.94 bits per heavy atom. The number of para-hydroxylation sites is 1. The van der Waals surface area contributed by atoms with E-state index in [0.29, 0.717) is 0 Å². The second kappa shape index (κ2) is 6.55. The summed E-state index contributed by atoms with van der Waals surface area (Å²) in [7, 11) is 0. The number of aromatic nitrogens is 1. The summed E-state index contributed by atoms with van der Waals surface area (Å²) in [6.07, 6.45) is 4.68. The van der Waals surface area contributed by atoms with Crippen molar-refractivity contribution in [3.8, 4) is 0 Å². The summed E-state index contributed by atoms with van der Waals surface area (Å²) in [6, 6.07) is 10.1. The second-order valence-corrected chi connectivity index (χ2v) is 5.49. The number of carbonyl (C=O) groups excluding carboxylic acids is 1. The van der Waals surface area contributed by atoms with E-state index in [-0.39, 0.29) is 5.92 Å². The Kier molecular flexibility index (Phi) is 4.76. The fraction of sp³-hybridized carbons (Fsp3) is 0.333. The summed E-state index contributed by atoms with van der Waals surface area (Å²) >= 11 is 1.78. The van der Waals surface area contributed by atoms with Gasteiger partial charge >= 0.3 is 0 Å². The van der Waals surface area contributed by atoms with E-state index >= 15 is 0 Å². The summed E-state index contributed by atoms with van der Waals surface area (Å²) in [6.45, 7) is 2.10. The van der Waals surface area contributed by atoms with Gasteiger partial charge in [0.25, 0.3) is 0 Å². The number of rotatable bonds is 6. The molecule has 1 atom stereocenters. The van der Waals surface area contributed by atoms with Crippen molar-refractivity contribution < 1.29 is 4.79 Å². The molecular weight excluding hydrogens is 242 g/mol. The first-order valence-electron chi connectivity index (χ1n) is 6.13. The van der Waals surface area contributed by atoms with Crippen LogP contribution in [0.4, 0.5) is 0 Å². The van der Waals surface area contributed by atoms with Crippen molar-refractivity contribution in [3.05, 3.63) is 42.1 Å². The maximum absolute atomic E-state index is 11.0. The van der Waals surface area contributed by atoms with Gasteiger partial charge in [0.1, 0.15) is 0 Å². The SMILES string of the molecule is CCSCC([C]=O)Cc1cccc2cccnc12. The normalized spacial score (nSPS) is 12.5. The first-order chi connectivity index (χ1) is 8.85. The summed E-state index contributed by atoms with van der Waals surface area (Å²) in [5.74, 6) is 1.83. The van der Waals surface area contributed by atoms with Crippen LogP contribution < -0.4 is 0 Å². The van der Waals surface area contributed by atoms with Gasteiger partial charge in [-0.2, -0.15) is 11.8 Å². The van der Waals surface area contributed by atoms with Crippen LogP contribution in [0.2, 0.25) is 0 Å². The Hall–Kier alpha value is -1.35. The number of pyridine rings is 1. The third kappa shape index (κ3) is 3.10. The molecule has 2 nitrogen and oxygen atoms in total. The van der Waals surface area contributed by atoms with Crippen molar-refractivity contribution >= 4 is 29.0 Å². The minimum absolute atomic E-state index is 0.0393. The number of nitrogens with zero attached hydrogens (tertiary/aromatic N) is 1. The average molecular weight is 258 g/mol. The van der Waals surface area contributed by atoms with Gasteiger partial charge in [-0.05, 0) is 23.8 Å². The van der Waals surface area contributed by atoms with Gasteiger partial charge in [0.05, 0.1) is 5.52 Å². The molecule has 1 unspecified atom stereocenters. The van der Waals surface area contributed by atoms with Gasteiger partial charge in [-0.15, -0.1) is 0 Å². The Labute approximate surface area is 112 Å². The van der Waals surface area contributed by atoms with Crippen LogP contribution in [-0.2, 0) is 11.2 Å². The molecule has 93 valence electrons. The first kappa shape index (κ1) is 13.1. The van der Waals surface area contributed by atoms with E-state index in [1.165, 1.54) is 0 Å². The molecule has 0 bridgehead atoms. The molecule has 1 aromatic carbocycles. The van der Waals surface area contributed by atoms with Crippen molar-refractivity contribution in [1.82, 2.24) is 4.98 Å². The molecule has 0 aliphatic heterocycles. The van der Waals surface area contributed by atoms with Gasteiger partial charge in [-0.25, -0.2) is 0 Å². The highest BCUT2D eigenvalue weighted by atomic mass is 32.2. The third-order valence-electron chi connectivity index (χ3n) is 2.87. The minimum atomic E-state index is -0.0393. The highest BCUT2D eigenvalue weighted by Crippen LogP contribution is 2.20. The lowest BCUT2D eigenvalue weighted by Crippen LogP contribution is -2.10. The molecule has 0 amide bonds. The molecule has 0 saturated heterocycles. The van der Waals surface area contributed by atoms with Crippen LogP contribution in [0.1, 0.15) is 12.5 Å². The highest BCUT2D eigenvalue weighted by Gasteiger charge is 2.11. The smallest absolute Gasteiger partial charge is 0.202 e. The molecule has 0 N–H and O–H groups in total. The molecule has 0 spiro atoms. The number of hydrogen-bond acceptors (Lipinski definition) is 3. The monoisotopic (exact) mass is 258 g/mol. The molecule has 2 rings (SSSR count). The second-order valence-electron chi connectivity index (χ2n) is 4.17. The fourth-order valence-corrected chi connectivity index (χ4v) is 2.70. The highest BCUT2D eigenvalue weighted by molar-refractivity contribution is 7.99. The summed E-state index contributed by atoms with van der Waals surface area (Å²) in [5, 5.41) is 1.13.